The van der Waals surface area contributed by atoms with Crippen LogP contribution < -0.4 is 10.1 Å². The highest BCUT2D eigenvalue weighted by Crippen LogP contribution is 2.20. The Morgan fingerprint density at radius 3 is 2.89 bits per heavy atom. The number of fused-ring (bicyclic) bond motifs is 1. The summed E-state index contributed by atoms with van der Waals surface area (Å²) in [4.78, 5) is 16.5. The molecule has 0 unspecified atom stereocenters. The summed E-state index contributed by atoms with van der Waals surface area (Å²) in [5.41, 5.74) is 0.932. The first-order chi connectivity index (χ1) is 13.3. The lowest BCUT2D eigenvalue weighted by Gasteiger charge is -2.08. The molecule has 7 heteroatoms. The number of ether oxygens (including phenoxy) is 1. The van der Waals surface area contributed by atoms with Crippen molar-refractivity contribution in [3.8, 4) is 10.9 Å². The van der Waals surface area contributed by atoms with E-state index in [9.17, 15) is 4.79 Å². The van der Waals surface area contributed by atoms with E-state index >= 15 is 0 Å². The Bertz CT molecular complexity index is 1040. The number of rotatable bonds is 7. The lowest BCUT2D eigenvalue weighted by molar-refractivity contribution is -0.123. The Morgan fingerprint density at radius 2 is 2.04 bits per heavy atom. The number of nitrogens with one attached hydrogen (secondary N) is 1. The first-order valence-corrected chi connectivity index (χ1v) is 9.49. The van der Waals surface area contributed by atoms with E-state index in [0.717, 1.165) is 21.6 Å². The zero-order valence-electron chi connectivity index (χ0n) is 14.5. The van der Waals surface area contributed by atoms with Crippen LogP contribution >= 0.6 is 11.3 Å². The largest absolute Gasteiger partial charge is 0.484 e. The molecule has 4 rings (SSSR count). The van der Waals surface area contributed by atoms with Crippen molar-refractivity contribution in [1.82, 2.24) is 20.1 Å². The maximum atomic E-state index is 12.0. The third kappa shape index (κ3) is 4.32. The Hall–Kier alpha value is -3.19. The molecule has 0 atom stereocenters. The lowest BCUT2D eigenvalue weighted by Crippen LogP contribution is -2.30. The Balaban J connectivity index is 1.23. The Labute approximate surface area is 160 Å². The normalized spacial score (nSPS) is 10.8. The number of amides is 1. The molecule has 4 aromatic rings. The van der Waals surface area contributed by atoms with E-state index in [-0.39, 0.29) is 12.5 Å². The fourth-order valence-electron chi connectivity index (χ4n) is 2.69. The molecule has 0 fully saturated rings. The second kappa shape index (κ2) is 8.01. The molecule has 0 bridgehead atoms. The fourth-order valence-corrected chi connectivity index (χ4v) is 3.48. The minimum Gasteiger partial charge on any atom is -0.484 e. The van der Waals surface area contributed by atoms with Crippen molar-refractivity contribution in [2.75, 3.05) is 13.2 Å². The van der Waals surface area contributed by atoms with Gasteiger partial charge in [0.25, 0.3) is 5.91 Å². The van der Waals surface area contributed by atoms with E-state index in [1.165, 1.54) is 11.3 Å². The average Bonchev–Trinajstić information content (AvgIpc) is 3.38. The van der Waals surface area contributed by atoms with Gasteiger partial charge in [0, 0.05) is 30.7 Å². The van der Waals surface area contributed by atoms with Gasteiger partial charge in [-0.05, 0) is 29.0 Å². The van der Waals surface area contributed by atoms with Gasteiger partial charge < -0.3 is 10.1 Å². The quantitative estimate of drug-likeness (QED) is 0.536. The molecule has 0 saturated heterocycles. The van der Waals surface area contributed by atoms with Gasteiger partial charge in [0.1, 0.15) is 5.75 Å². The van der Waals surface area contributed by atoms with Crippen LogP contribution in [0.3, 0.4) is 0 Å². The predicted molar refractivity (Wildman–Crippen MR) is 105 cm³/mol. The highest BCUT2D eigenvalue weighted by molar-refractivity contribution is 7.12. The molecular formula is C20H18N4O2S. The topological polar surface area (TPSA) is 69.0 Å². The minimum absolute atomic E-state index is 0.00601. The molecular weight excluding hydrogens is 360 g/mol. The zero-order chi connectivity index (χ0) is 18.5. The van der Waals surface area contributed by atoms with Crippen molar-refractivity contribution in [3.63, 3.8) is 0 Å². The monoisotopic (exact) mass is 378 g/mol. The van der Waals surface area contributed by atoms with Crippen molar-refractivity contribution in [3.05, 3.63) is 72.0 Å². The number of thiazole rings is 1. The van der Waals surface area contributed by atoms with E-state index in [1.54, 1.807) is 10.9 Å². The number of benzene rings is 2. The van der Waals surface area contributed by atoms with Gasteiger partial charge in [-0.25, -0.2) is 9.67 Å². The molecule has 1 amide bonds. The number of carbonyl (C=O) groups excluding carboxylic acids is 1. The van der Waals surface area contributed by atoms with Gasteiger partial charge in [-0.3, -0.25) is 4.79 Å². The summed E-state index contributed by atoms with van der Waals surface area (Å²) < 4.78 is 7.32. The molecule has 0 saturated carbocycles. The summed E-state index contributed by atoms with van der Waals surface area (Å²) in [5.74, 6) is 0.540. The van der Waals surface area contributed by atoms with Gasteiger partial charge in [0.05, 0.1) is 5.69 Å². The van der Waals surface area contributed by atoms with Crippen molar-refractivity contribution >= 4 is 28.0 Å². The average molecular weight is 378 g/mol. The number of aromatic nitrogens is 3. The molecule has 2 heterocycles. The van der Waals surface area contributed by atoms with Crippen LogP contribution in [0.25, 0.3) is 15.9 Å². The molecule has 0 spiro atoms. The predicted octanol–water partition coefficient (Wildman–Crippen LogP) is 3.22. The highest BCUT2D eigenvalue weighted by atomic mass is 32.1. The van der Waals surface area contributed by atoms with Crippen LogP contribution in [-0.2, 0) is 11.2 Å². The molecule has 136 valence electrons. The summed E-state index contributed by atoms with van der Waals surface area (Å²) in [6.45, 7) is 0.510. The summed E-state index contributed by atoms with van der Waals surface area (Å²) in [6, 6.07) is 15.7. The summed E-state index contributed by atoms with van der Waals surface area (Å²) in [6.07, 6.45) is 4.24. The molecule has 0 aliphatic heterocycles. The first-order valence-electron chi connectivity index (χ1n) is 8.61. The van der Waals surface area contributed by atoms with E-state index in [2.05, 4.69) is 15.4 Å². The van der Waals surface area contributed by atoms with E-state index < -0.39 is 0 Å². The highest BCUT2D eigenvalue weighted by Gasteiger charge is 2.06. The van der Waals surface area contributed by atoms with Gasteiger partial charge in [-0.1, -0.05) is 30.3 Å². The SMILES string of the molecule is O=C(COc1ccc2ccccc2c1)NCCc1csc(-n2cccn2)n1. The Kier molecular flexibility index (Phi) is 5.11. The van der Waals surface area contributed by atoms with Crippen LogP contribution in [0.4, 0.5) is 0 Å². The molecule has 6 nitrogen and oxygen atoms in total. The maximum Gasteiger partial charge on any atom is 0.257 e. The third-order valence-electron chi connectivity index (χ3n) is 4.03. The molecule has 0 aliphatic carbocycles. The smallest absolute Gasteiger partial charge is 0.257 e. The van der Waals surface area contributed by atoms with Gasteiger partial charge in [-0.15, -0.1) is 11.3 Å². The third-order valence-corrected chi connectivity index (χ3v) is 4.91. The van der Waals surface area contributed by atoms with Crippen LogP contribution in [0.2, 0.25) is 0 Å². The summed E-state index contributed by atoms with van der Waals surface area (Å²) in [5, 5.41) is 12.1. The van der Waals surface area contributed by atoms with E-state index in [1.807, 2.05) is 60.1 Å². The van der Waals surface area contributed by atoms with Gasteiger partial charge in [0.15, 0.2) is 6.61 Å². The first kappa shape index (κ1) is 17.2. The number of hydrogen-bond acceptors (Lipinski definition) is 5. The van der Waals surface area contributed by atoms with Gasteiger partial charge >= 0.3 is 0 Å². The maximum absolute atomic E-state index is 12.0. The molecule has 27 heavy (non-hydrogen) atoms. The van der Waals surface area contributed by atoms with E-state index in [4.69, 9.17) is 4.74 Å². The molecule has 2 aromatic heterocycles. The van der Waals surface area contributed by atoms with Crippen LogP contribution in [0.5, 0.6) is 5.75 Å². The summed E-state index contributed by atoms with van der Waals surface area (Å²) in [7, 11) is 0. The van der Waals surface area contributed by atoms with Crippen LogP contribution in [0.1, 0.15) is 5.69 Å². The minimum atomic E-state index is -0.148. The molecule has 2 aromatic carbocycles. The standard InChI is InChI=1S/C20H18N4O2S/c25-19(13-26-18-7-6-15-4-1-2-5-16(15)12-18)21-10-8-17-14-27-20(23-17)24-11-3-9-22-24/h1-7,9,11-12,14H,8,10,13H2,(H,21,25). The van der Waals surface area contributed by atoms with Crippen molar-refractivity contribution in [2.45, 2.75) is 6.42 Å². The summed E-state index contributed by atoms with van der Waals surface area (Å²) >= 11 is 1.53. The molecule has 1 N–H and O–H groups in total. The zero-order valence-corrected chi connectivity index (χ0v) is 15.4. The van der Waals surface area contributed by atoms with Crippen LogP contribution in [0, 0.1) is 0 Å². The second-order valence-corrected chi connectivity index (χ2v) is 6.81. The van der Waals surface area contributed by atoms with Crippen molar-refractivity contribution in [2.24, 2.45) is 0 Å². The number of nitrogens with zero attached hydrogens (tertiary/aromatic N) is 3. The van der Waals surface area contributed by atoms with Gasteiger partial charge in [-0.2, -0.15) is 5.10 Å². The van der Waals surface area contributed by atoms with E-state index in [0.29, 0.717) is 18.7 Å². The molecule has 0 aliphatic rings. The van der Waals surface area contributed by atoms with Gasteiger partial charge in [0.2, 0.25) is 5.13 Å². The van der Waals surface area contributed by atoms with Crippen molar-refractivity contribution < 1.29 is 9.53 Å². The lowest BCUT2D eigenvalue weighted by atomic mass is 10.1. The van der Waals surface area contributed by atoms with Crippen LogP contribution in [0.15, 0.2) is 66.3 Å². The van der Waals surface area contributed by atoms with Crippen LogP contribution in [-0.4, -0.2) is 33.8 Å². The Morgan fingerprint density at radius 1 is 1.15 bits per heavy atom. The second-order valence-electron chi connectivity index (χ2n) is 5.97. The molecule has 0 radical (unpaired) electrons. The fraction of sp³-hybridized carbons (Fsp3) is 0.150. The number of hydrogen-bond donors (Lipinski definition) is 1. The number of carbonyl (C=O) groups is 1. The van der Waals surface area contributed by atoms with Crippen molar-refractivity contribution in [1.29, 1.82) is 0 Å².